The van der Waals surface area contributed by atoms with E-state index in [9.17, 15) is 9.59 Å². The fourth-order valence-corrected chi connectivity index (χ4v) is 3.34. The first-order valence-electron chi connectivity index (χ1n) is 6.95. The predicted octanol–water partition coefficient (Wildman–Crippen LogP) is 3.66. The maximum absolute atomic E-state index is 12.5. The lowest BCUT2D eigenvalue weighted by molar-refractivity contribution is -0.137. The highest BCUT2D eigenvalue weighted by atomic mass is 32.1. The molecule has 3 rings (SSSR count). The zero-order chi connectivity index (χ0) is 15.5. The van der Waals surface area contributed by atoms with E-state index < -0.39 is 5.97 Å². The highest BCUT2D eigenvalue weighted by Gasteiger charge is 2.07. The molecule has 0 atom stereocenters. The Labute approximate surface area is 130 Å². The van der Waals surface area contributed by atoms with Crippen LogP contribution in [0, 0.1) is 0 Å². The van der Waals surface area contributed by atoms with Crippen molar-refractivity contribution in [2.24, 2.45) is 0 Å². The lowest BCUT2D eigenvalue weighted by atomic mass is 10.2. The lowest BCUT2D eigenvalue weighted by Gasteiger charge is -2.07. The van der Waals surface area contributed by atoms with Crippen molar-refractivity contribution in [3.63, 3.8) is 0 Å². The van der Waals surface area contributed by atoms with Gasteiger partial charge in [-0.2, -0.15) is 0 Å². The number of benzene rings is 2. The van der Waals surface area contributed by atoms with Gasteiger partial charge in [-0.05, 0) is 36.8 Å². The van der Waals surface area contributed by atoms with Crippen molar-refractivity contribution in [2.45, 2.75) is 12.8 Å². The molecule has 0 spiro atoms. The third-order valence-electron chi connectivity index (χ3n) is 3.35. The van der Waals surface area contributed by atoms with Crippen molar-refractivity contribution < 1.29 is 14.6 Å². The monoisotopic (exact) mass is 314 g/mol. The van der Waals surface area contributed by atoms with E-state index in [-0.39, 0.29) is 11.8 Å². The molecule has 3 aromatic rings. The fourth-order valence-electron chi connectivity index (χ4n) is 2.29. The summed E-state index contributed by atoms with van der Waals surface area (Å²) < 4.78 is 7.42. The van der Waals surface area contributed by atoms with Crippen LogP contribution in [-0.4, -0.2) is 17.7 Å². The normalized spacial score (nSPS) is 10.9. The molecule has 0 radical (unpaired) electrons. The van der Waals surface area contributed by atoms with Crippen LogP contribution in [0.15, 0.2) is 47.3 Å². The second-order valence-corrected chi connectivity index (χ2v) is 6.01. The average Bonchev–Trinajstić information content (AvgIpc) is 2.52. The van der Waals surface area contributed by atoms with Gasteiger partial charge in [-0.15, -0.1) is 11.3 Å². The molecule has 0 bridgehead atoms. The summed E-state index contributed by atoms with van der Waals surface area (Å²) in [6.45, 7) is 0.322. The summed E-state index contributed by atoms with van der Waals surface area (Å²) in [6, 6.07) is 13.0. The molecule has 0 fully saturated rings. The molecule has 112 valence electrons. The number of hydrogen-bond acceptors (Lipinski definition) is 4. The summed E-state index contributed by atoms with van der Waals surface area (Å²) in [5, 5.41) is 9.94. The van der Waals surface area contributed by atoms with Gasteiger partial charge in [-0.25, -0.2) is 0 Å². The van der Waals surface area contributed by atoms with Crippen molar-refractivity contribution in [1.82, 2.24) is 0 Å². The van der Waals surface area contributed by atoms with Crippen LogP contribution in [0.3, 0.4) is 0 Å². The molecule has 0 aliphatic heterocycles. The first-order valence-corrected chi connectivity index (χ1v) is 7.77. The molecule has 1 N–H and O–H groups in total. The summed E-state index contributed by atoms with van der Waals surface area (Å²) in [4.78, 5) is 23.0. The quantitative estimate of drug-likeness (QED) is 0.576. The van der Waals surface area contributed by atoms with E-state index in [1.807, 2.05) is 36.4 Å². The van der Waals surface area contributed by atoms with Gasteiger partial charge in [0, 0.05) is 26.6 Å². The highest BCUT2D eigenvalue weighted by molar-refractivity contribution is 7.24. The second-order valence-electron chi connectivity index (χ2n) is 4.93. The number of carboxylic acid groups (broad SMARTS) is 1. The van der Waals surface area contributed by atoms with Gasteiger partial charge in [0.1, 0.15) is 5.75 Å². The summed E-state index contributed by atoms with van der Waals surface area (Å²) in [6.07, 6.45) is 0.519. The van der Waals surface area contributed by atoms with Crippen molar-refractivity contribution in [3.8, 4) is 5.75 Å². The van der Waals surface area contributed by atoms with E-state index in [1.165, 1.54) is 0 Å². The first kappa shape index (κ1) is 14.5. The molecule has 22 heavy (non-hydrogen) atoms. The van der Waals surface area contributed by atoms with Crippen LogP contribution in [0.25, 0.3) is 20.2 Å². The number of aliphatic carboxylic acids is 1. The Morgan fingerprint density at radius 1 is 1.09 bits per heavy atom. The van der Waals surface area contributed by atoms with Gasteiger partial charge in [0.05, 0.1) is 6.61 Å². The second kappa shape index (κ2) is 6.15. The third kappa shape index (κ3) is 2.94. The molecule has 0 amide bonds. The molecule has 0 saturated heterocycles. The molecule has 1 heterocycles. The molecule has 0 unspecified atom stereocenters. The summed E-state index contributed by atoms with van der Waals surface area (Å²) in [5.74, 6) is -0.241. The topological polar surface area (TPSA) is 63.6 Å². The highest BCUT2D eigenvalue weighted by Crippen LogP contribution is 2.27. The van der Waals surface area contributed by atoms with Crippen molar-refractivity contribution >= 4 is 37.5 Å². The molecule has 4 nitrogen and oxygen atoms in total. The predicted molar refractivity (Wildman–Crippen MR) is 88.0 cm³/mol. The Balaban J connectivity index is 1.92. The number of carboxylic acids is 1. The number of hydrogen-bond donors (Lipinski definition) is 1. The third-order valence-corrected chi connectivity index (χ3v) is 4.50. The lowest BCUT2D eigenvalue weighted by Crippen LogP contribution is -2.04. The maximum Gasteiger partial charge on any atom is 0.303 e. The SMILES string of the molecule is O=C(O)CCCOc1ccc2sc3ccccc3c(=O)c2c1. The molecule has 2 aromatic carbocycles. The Bertz CT molecular complexity index is 898. The van der Waals surface area contributed by atoms with Crippen LogP contribution in [-0.2, 0) is 4.79 Å². The molecule has 0 aliphatic rings. The van der Waals surface area contributed by atoms with Crippen LogP contribution in [0.2, 0.25) is 0 Å². The number of carbonyl (C=O) groups is 1. The van der Waals surface area contributed by atoms with Crippen molar-refractivity contribution in [3.05, 3.63) is 52.7 Å². The van der Waals surface area contributed by atoms with Gasteiger partial charge in [0.15, 0.2) is 5.43 Å². The van der Waals surface area contributed by atoms with E-state index in [2.05, 4.69) is 0 Å². The Morgan fingerprint density at radius 3 is 2.68 bits per heavy atom. The number of rotatable bonds is 5. The molecular formula is C17H14O4S. The van der Waals surface area contributed by atoms with Crippen LogP contribution in [0.1, 0.15) is 12.8 Å². The average molecular weight is 314 g/mol. The Morgan fingerprint density at radius 2 is 1.86 bits per heavy atom. The smallest absolute Gasteiger partial charge is 0.303 e. The van der Waals surface area contributed by atoms with E-state index in [0.717, 1.165) is 9.40 Å². The van der Waals surface area contributed by atoms with E-state index in [1.54, 1.807) is 17.4 Å². The summed E-state index contributed by atoms with van der Waals surface area (Å²) in [7, 11) is 0. The van der Waals surface area contributed by atoms with Gasteiger partial charge in [-0.1, -0.05) is 12.1 Å². The molecule has 0 aliphatic carbocycles. The number of fused-ring (bicyclic) bond motifs is 2. The van der Waals surface area contributed by atoms with Crippen LogP contribution >= 0.6 is 11.3 Å². The fraction of sp³-hybridized carbons (Fsp3) is 0.176. The van der Waals surface area contributed by atoms with E-state index >= 15 is 0 Å². The van der Waals surface area contributed by atoms with Gasteiger partial charge in [0.2, 0.25) is 0 Å². The standard InChI is InChI=1S/C17H14O4S/c18-16(19)6-3-9-21-11-7-8-15-13(10-11)17(20)12-4-1-2-5-14(12)22-15/h1-2,4-5,7-8,10H,3,6,9H2,(H,18,19). The summed E-state index contributed by atoms with van der Waals surface area (Å²) >= 11 is 1.57. The van der Waals surface area contributed by atoms with Crippen LogP contribution < -0.4 is 10.2 Å². The van der Waals surface area contributed by atoms with Gasteiger partial charge in [0.25, 0.3) is 0 Å². The van der Waals surface area contributed by atoms with Gasteiger partial charge in [-0.3, -0.25) is 9.59 Å². The van der Waals surface area contributed by atoms with E-state index in [4.69, 9.17) is 9.84 Å². The molecular weight excluding hydrogens is 300 g/mol. The zero-order valence-electron chi connectivity index (χ0n) is 11.7. The van der Waals surface area contributed by atoms with Crippen LogP contribution in [0.5, 0.6) is 5.75 Å². The first-order chi connectivity index (χ1) is 10.6. The van der Waals surface area contributed by atoms with Crippen molar-refractivity contribution in [2.75, 3.05) is 6.61 Å². The molecule has 1 aromatic heterocycles. The van der Waals surface area contributed by atoms with Crippen molar-refractivity contribution in [1.29, 1.82) is 0 Å². The zero-order valence-corrected chi connectivity index (χ0v) is 12.6. The maximum atomic E-state index is 12.5. The minimum Gasteiger partial charge on any atom is -0.494 e. The number of ether oxygens (including phenoxy) is 1. The molecule has 0 saturated carbocycles. The largest absolute Gasteiger partial charge is 0.494 e. The summed E-state index contributed by atoms with van der Waals surface area (Å²) in [5.41, 5.74) is 0.000311. The van der Waals surface area contributed by atoms with Crippen LogP contribution in [0.4, 0.5) is 0 Å². The Kier molecular flexibility index (Phi) is 4.06. The van der Waals surface area contributed by atoms with E-state index in [0.29, 0.717) is 29.5 Å². The minimum absolute atomic E-state index is 0.000311. The van der Waals surface area contributed by atoms with Gasteiger partial charge >= 0.3 is 5.97 Å². The Hall–Kier alpha value is -2.40. The van der Waals surface area contributed by atoms with Gasteiger partial charge < -0.3 is 9.84 Å². The molecule has 5 heteroatoms. The minimum atomic E-state index is -0.836.